The Hall–Kier alpha value is -6.19. The Balaban J connectivity index is -0.000000892. The largest absolute Gasteiger partial charge is 0.497 e. The van der Waals surface area contributed by atoms with Gasteiger partial charge in [0.15, 0.2) is 0 Å². The fourth-order valence-corrected chi connectivity index (χ4v) is 6.56. The average Bonchev–Trinajstić information content (AvgIpc) is 3.46. The minimum Gasteiger partial charge on any atom is -0.497 e. The van der Waals surface area contributed by atoms with E-state index in [1.54, 1.807) is 96.7 Å². The van der Waals surface area contributed by atoms with Gasteiger partial charge in [0.1, 0.15) is 28.2 Å². The fraction of sp³-hybridized carbons (Fsp3) is 0.241. The highest BCUT2D eigenvalue weighted by Gasteiger charge is 2.10. The summed E-state index contributed by atoms with van der Waals surface area (Å²) in [5.74, 6) is 3.67. The number of ether oxygens (including phenoxy) is 5. The van der Waals surface area contributed by atoms with Gasteiger partial charge in [0.25, 0.3) is 0 Å². The van der Waals surface area contributed by atoms with Crippen molar-refractivity contribution in [1.29, 1.82) is 0 Å². The molecule has 8 rings (SSSR count). The van der Waals surface area contributed by atoms with E-state index in [0.29, 0.717) is 34.4 Å². The highest BCUT2D eigenvalue weighted by Crippen LogP contribution is 2.26. The standard InChI is InChI=1S/C14H15NO2.C13H12ClNO.C13H13NO2.C7H9BO3.C6H6ClNO.CH4O.4CH4.Cl2OS/c1-16-10-12-4-3-9-15-14(12)11-5-7-13(17-2)8-6-11;1-16-12-6-4-10(5-7-12)13-11(9-14)3-2-8-15-13;1-16-12-6-4-10(5-7-12)13-11(9-15)3-2-8-14-13;1-11-7-4-2-6(3-5-7)8(9)10;7-6-5(4-9)2-1-3-8-6;1-2;;;;;1-4(2)3/h3-9H,10H2,1-2H3;2-8H,9H2,1H3;2-8,15H,9H2,1H3;2-5,9-10H,1H3;1-3,9H,4H2;2H,1H3;4*1H4;. The Morgan fingerprint density at radius 1 is 0.468 bits per heavy atom. The molecule has 21 heteroatoms. The van der Waals surface area contributed by atoms with E-state index in [1.807, 2.05) is 109 Å². The lowest BCUT2D eigenvalue weighted by molar-refractivity contribution is 0.185. The monoisotopic (exact) mass is 1190 g/mol. The first-order chi connectivity index (χ1) is 36.4. The molecule has 4 aromatic carbocycles. The van der Waals surface area contributed by atoms with E-state index in [9.17, 15) is 5.11 Å². The quantitative estimate of drug-likeness (QED) is 0.0314. The predicted molar refractivity (Wildman–Crippen MR) is 328 cm³/mol. The topological polar surface area (TPSA) is 216 Å². The highest BCUT2D eigenvalue weighted by molar-refractivity contribution is 8.26. The molecule has 0 aliphatic carbocycles. The molecule has 5 N–H and O–H groups in total. The van der Waals surface area contributed by atoms with E-state index in [-0.39, 0.29) is 42.9 Å². The Morgan fingerprint density at radius 3 is 1.05 bits per heavy atom. The van der Waals surface area contributed by atoms with E-state index < -0.39 is 16.3 Å². The van der Waals surface area contributed by atoms with Crippen molar-refractivity contribution in [3.8, 4) is 56.8 Å². The molecule has 0 atom stereocenters. The lowest BCUT2D eigenvalue weighted by atomic mass is 9.80. The van der Waals surface area contributed by atoms with E-state index >= 15 is 0 Å². The van der Waals surface area contributed by atoms with Gasteiger partial charge in [0.05, 0.1) is 65.3 Å². The van der Waals surface area contributed by atoms with Crippen LogP contribution in [0, 0.1) is 0 Å². The second-order valence-electron chi connectivity index (χ2n) is 14.4. The molecule has 79 heavy (non-hydrogen) atoms. The summed E-state index contributed by atoms with van der Waals surface area (Å²) >= 11 is 11.4. The average molecular weight is 1190 g/mol. The molecule has 0 radical (unpaired) electrons. The first kappa shape index (κ1) is 77.0. The number of halogens is 4. The van der Waals surface area contributed by atoms with E-state index in [4.69, 9.17) is 71.4 Å². The maximum atomic E-state index is 9.22. The molecule has 4 aromatic heterocycles. The molecule has 8 aromatic rings. The number of methoxy groups -OCH3 is 5. The Bertz CT molecular complexity index is 2720. The molecule has 430 valence electrons. The zero-order chi connectivity index (χ0) is 55.4. The van der Waals surface area contributed by atoms with E-state index in [2.05, 4.69) is 41.3 Å². The summed E-state index contributed by atoms with van der Waals surface area (Å²) in [6.45, 7) is 0.511. The number of alkyl halides is 1. The third-order valence-electron chi connectivity index (χ3n) is 9.80. The summed E-state index contributed by atoms with van der Waals surface area (Å²) in [7, 11) is 15.1. The van der Waals surface area contributed by atoms with Crippen molar-refractivity contribution in [2.45, 2.75) is 55.4 Å². The fourth-order valence-electron chi connectivity index (χ4n) is 6.16. The van der Waals surface area contributed by atoms with Crippen LogP contribution in [0.3, 0.4) is 0 Å². The molecule has 0 bridgehead atoms. The van der Waals surface area contributed by atoms with Gasteiger partial charge < -0.3 is 49.1 Å². The number of pyridine rings is 4. The lowest BCUT2D eigenvalue weighted by Crippen LogP contribution is -2.29. The van der Waals surface area contributed by atoms with Crippen molar-refractivity contribution in [3.05, 3.63) is 198 Å². The summed E-state index contributed by atoms with van der Waals surface area (Å²) in [4.78, 5) is 16.8. The SMILES string of the molecule is C.C.C.C.CO.COCc1cccnc1-c1ccc(OC)cc1.COc1ccc(-c2ncccc2CCl)cc1.COc1ccc(-c2ncccc2CO)cc1.COc1ccc(B(O)O)cc1.O=S(Cl)Cl.OCc1cccnc1Cl. The predicted octanol–water partition coefficient (Wildman–Crippen LogP) is 12.4. The van der Waals surface area contributed by atoms with Gasteiger partial charge in [-0.2, -0.15) is 0 Å². The smallest absolute Gasteiger partial charge is 0.488 e. The van der Waals surface area contributed by atoms with Crippen LogP contribution in [-0.2, 0) is 39.7 Å². The third-order valence-corrected chi connectivity index (χ3v) is 10.4. The molecular formula is C58H75BCl4N4O11S. The maximum absolute atomic E-state index is 9.22. The molecular weight excluding hydrogens is 1110 g/mol. The Kier molecular flexibility index (Phi) is 44.5. The van der Waals surface area contributed by atoms with Gasteiger partial charge in [0.2, 0.25) is 9.23 Å². The molecule has 0 spiro atoms. The second kappa shape index (κ2) is 45.7. The minimum absolute atomic E-state index is 0. The van der Waals surface area contributed by atoms with Crippen molar-refractivity contribution in [1.82, 2.24) is 19.9 Å². The molecule has 15 nitrogen and oxygen atoms in total. The van der Waals surface area contributed by atoms with Crippen LogP contribution < -0.4 is 24.4 Å². The number of hydrogen-bond acceptors (Lipinski definition) is 15. The highest BCUT2D eigenvalue weighted by atomic mass is 36.0. The van der Waals surface area contributed by atoms with Crippen molar-refractivity contribution in [3.63, 3.8) is 0 Å². The second-order valence-corrected chi connectivity index (χ2v) is 17.5. The van der Waals surface area contributed by atoms with Gasteiger partial charge >= 0.3 is 7.12 Å². The maximum Gasteiger partial charge on any atom is 0.488 e. The van der Waals surface area contributed by atoms with Gasteiger partial charge in [-0.25, -0.2) is 9.19 Å². The number of aromatic nitrogens is 4. The first-order valence-corrected chi connectivity index (χ1v) is 25.9. The molecule has 0 amide bonds. The molecule has 0 saturated carbocycles. The van der Waals surface area contributed by atoms with Gasteiger partial charge in [0, 0.05) is 99.6 Å². The van der Waals surface area contributed by atoms with Gasteiger partial charge in [-0.15, -0.1) is 11.6 Å². The number of aliphatic hydroxyl groups is 3. The zero-order valence-corrected chi connectivity index (χ0v) is 45.8. The zero-order valence-electron chi connectivity index (χ0n) is 42.0. The van der Waals surface area contributed by atoms with Gasteiger partial charge in [-0.3, -0.25) is 15.0 Å². The number of nitrogens with zero attached hydrogens (tertiary/aromatic N) is 4. The normalized spacial score (nSPS) is 9.22. The molecule has 0 fully saturated rings. The lowest BCUT2D eigenvalue weighted by Gasteiger charge is -2.08. The molecule has 0 saturated heterocycles. The number of rotatable bonds is 13. The van der Waals surface area contributed by atoms with Crippen molar-refractivity contribution in [2.24, 2.45) is 0 Å². The van der Waals surface area contributed by atoms with Crippen molar-refractivity contribution >= 4 is 66.4 Å². The van der Waals surface area contributed by atoms with Gasteiger partial charge in [-0.1, -0.05) is 77.7 Å². The van der Waals surface area contributed by atoms with Gasteiger partial charge in [-0.05, 0) is 120 Å². The molecule has 0 unspecified atom stereocenters. The number of hydrogen-bond donors (Lipinski definition) is 5. The molecule has 0 aliphatic rings. The van der Waals surface area contributed by atoms with E-state index in [0.717, 1.165) is 74.8 Å². The van der Waals surface area contributed by atoms with Crippen LogP contribution >= 0.6 is 44.6 Å². The summed E-state index contributed by atoms with van der Waals surface area (Å²) in [5, 5.41) is 42.6. The Labute approximate surface area is 489 Å². The van der Waals surface area contributed by atoms with Crippen LogP contribution in [-0.4, -0.2) is 99.3 Å². The summed E-state index contributed by atoms with van der Waals surface area (Å²) in [5.41, 5.74) is 9.87. The minimum atomic E-state index is -1.67. The van der Waals surface area contributed by atoms with Crippen molar-refractivity contribution in [2.75, 3.05) is 42.7 Å². The number of benzene rings is 4. The number of aliphatic hydroxyl groups excluding tert-OH is 3. The van der Waals surface area contributed by atoms with Crippen LogP contribution in [0.25, 0.3) is 33.8 Å². The van der Waals surface area contributed by atoms with E-state index in [1.165, 1.54) is 0 Å². The van der Waals surface area contributed by atoms with Crippen LogP contribution in [0.4, 0.5) is 0 Å². The van der Waals surface area contributed by atoms with Crippen LogP contribution in [0.1, 0.15) is 52.0 Å². The van der Waals surface area contributed by atoms with Crippen LogP contribution in [0.15, 0.2) is 170 Å². The summed E-state index contributed by atoms with van der Waals surface area (Å²) < 4.78 is 34.5. The third kappa shape index (κ3) is 28.5. The molecule has 0 aliphatic heterocycles. The summed E-state index contributed by atoms with van der Waals surface area (Å²) in [6, 6.07) is 44.8. The summed E-state index contributed by atoms with van der Waals surface area (Å²) in [6.07, 6.45) is 6.87. The Morgan fingerprint density at radius 2 is 0.759 bits per heavy atom. The van der Waals surface area contributed by atoms with Crippen LogP contribution in [0.2, 0.25) is 5.15 Å². The molecule has 4 heterocycles. The van der Waals surface area contributed by atoms with Crippen molar-refractivity contribution < 1.29 is 53.3 Å². The van der Waals surface area contributed by atoms with Crippen LogP contribution in [0.5, 0.6) is 23.0 Å². The first-order valence-electron chi connectivity index (χ1n) is 22.2.